The minimum Gasteiger partial charge on any atom is -0.496 e. The number of carbonyl (C=O) groups excluding carboxylic acids is 3. The number of nitrogens with zero attached hydrogens (tertiary/aromatic N) is 2. The maximum atomic E-state index is 13.6. The number of hydrogen-bond acceptors (Lipinski definition) is 5. The Morgan fingerprint density at radius 1 is 1.35 bits per heavy atom. The van der Waals surface area contributed by atoms with Crippen LogP contribution < -0.4 is 10.1 Å². The minimum atomic E-state index is -0.731. The van der Waals surface area contributed by atoms with Crippen molar-refractivity contribution in [1.82, 2.24) is 15.2 Å². The van der Waals surface area contributed by atoms with E-state index in [4.69, 9.17) is 4.74 Å². The molecule has 8 heteroatoms. The lowest BCUT2D eigenvalue weighted by atomic mass is 9.87. The summed E-state index contributed by atoms with van der Waals surface area (Å²) in [5.74, 6) is 0.162. The fraction of sp³-hybridized carbons (Fsp3) is 0.538. The number of amides is 2. The third-order valence-electron chi connectivity index (χ3n) is 7.90. The molecule has 3 fully saturated rings. The summed E-state index contributed by atoms with van der Waals surface area (Å²) in [7, 11) is 1.59. The predicted octanol–water partition coefficient (Wildman–Crippen LogP) is 3.33. The Kier molecular flexibility index (Phi) is 5.80. The van der Waals surface area contributed by atoms with Gasteiger partial charge in [-0.15, -0.1) is 0 Å². The molecule has 2 heterocycles. The number of benzene rings is 1. The molecule has 2 N–H and O–H groups in total. The molecule has 1 aromatic heterocycles. The highest BCUT2D eigenvalue weighted by atomic mass is 16.5. The van der Waals surface area contributed by atoms with E-state index in [-0.39, 0.29) is 28.9 Å². The van der Waals surface area contributed by atoms with Crippen LogP contribution in [0.3, 0.4) is 0 Å². The molecule has 0 unspecified atom stereocenters. The highest BCUT2D eigenvalue weighted by Crippen LogP contribution is 2.55. The van der Waals surface area contributed by atoms with Crippen LogP contribution in [0.1, 0.15) is 61.9 Å². The van der Waals surface area contributed by atoms with Crippen LogP contribution in [0.15, 0.2) is 24.3 Å². The number of nitrogens with one attached hydrogen (secondary N) is 2. The van der Waals surface area contributed by atoms with Crippen LogP contribution in [-0.2, 0) is 9.59 Å². The van der Waals surface area contributed by atoms with Crippen LogP contribution in [0.5, 0.6) is 5.75 Å². The van der Waals surface area contributed by atoms with Crippen molar-refractivity contribution in [2.24, 2.45) is 11.3 Å². The normalized spacial score (nSPS) is 24.1. The average Bonchev–Trinajstić information content (AvgIpc) is 3.25. The first kappa shape index (κ1) is 22.5. The molecule has 2 aliphatic carbocycles. The smallest absolute Gasteiger partial charge is 0.270 e. The number of ether oxygens (including phenoxy) is 1. The number of H-pyrrole nitrogens is 1. The number of Topliss-reactive ketones (excluding diaryl/α,β-unsaturated/α-hetero) is 1. The Labute approximate surface area is 198 Å². The summed E-state index contributed by atoms with van der Waals surface area (Å²) >= 11 is 0. The fourth-order valence-electron chi connectivity index (χ4n) is 5.65. The average molecular weight is 463 g/mol. The molecule has 0 radical (unpaired) electrons. The molecule has 3 aliphatic rings. The van der Waals surface area contributed by atoms with E-state index >= 15 is 0 Å². The summed E-state index contributed by atoms with van der Waals surface area (Å²) < 4.78 is 5.42. The Hall–Kier alpha value is -3.34. The number of aromatic nitrogens is 1. The van der Waals surface area contributed by atoms with E-state index in [1.165, 1.54) is 0 Å². The summed E-state index contributed by atoms with van der Waals surface area (Å²) in [6, 6.07) is 8.15. The van der Waals surface area contributed by atoms with E-state index in [9.17, 15) is 19.6 Å². The van der Waals surface area contributed by atoms with Gasteiger partial charge in [0.1, 0.15) is 29.3 Å². The summed E-state index contributed by atoms with van der Waals surface area (Å²) in [6.07, 6.45) is 6.14. The van der Waals surface area contributed by atoms with Crippen molar-refractivity contribution in [1.29, 1.82) is 5.26 Å². The largest absolute Gasteiger partial charge is 0.496 e. The molecule has 1 aromatic carbocycles. The van der Waals surface area contributed by atoms with Crippen molar-refractivity contribution in [2.75, 3.05) is 13.7 Å². The monoisotopic (exact) mass is 462 g/mol. The number of ketones is 1. The van der Waals surface area contributed by atoms with Gasteiger partial charge in [-0.3, -0.25) is 14.4 Å². The Balaban J connectivity index is 1.35. The number of hydrogen-bond donors (Lipinski definition) is 2. The number of fused-ring (bicyclic) bond motifs is 1. The fourth-order valence-corrected chi connectivity index (χ4v) is 5.65. The van der Waals surface area contributed by atoms with Crippen molar-refractivity contribution in [3.63, 3.8) is 0 Å². The second-order valence-electron chi connectivity index (χ2n) is 10.1. The standard InChI is InChI=1S/C26H30N4O4/c1-34-23-7-3-5-19-18(23)13-20(29-19)25(33)30-11-10-26(8-9-26)14-21(30)24(32)28-17(15-27)12-16-4-2-6-22(16)31/h3,5,7,13,16-17,21,29H,2,4,6,8-12,14H2,1H3,(H,28,32)/t16-,17-,21-/m0/s1. The molecular weight excluding hydrogens is 432 g/mol. The number of methoxy groups -OCH3 is 1. The van der Waals surface area contributed by atoms with Gasteiger partial charge in [0.15, 0.2) is 0 Å². The maximum Gasteiger partial charge on any atom is 0.270 e. The van der Waals surface area contributed by atoms with E-state index in [0.29, 0.717) is 37.3 Å². The summed E-state index contributed by atoms with van der Waals surface area (Å²) in [4.78, 5) is 43.8. The first-order chi connectivity index (χ1) is 16.4. The number of nitriles is 1. The third kappa shape index (κ3) is 4.15. The number of aromatic amines is 1. The zero-order valence-electron chi connectivity index (χ0n) is 19.4. The van der Waals surface area contributed by atoms with Crippen molar-refractivity contribution in [3.05, 3.63) is 30.0 Å². The van der Waals surface area contributed by atoms with E-state index in [1.807, 2.05) is 18.2 Å². The predicted molar refractivity (Wildman–Crippen MR) is 125 cm³/mol. The SMILES string of the molecule is COc1cccc2[nH]c(C(=O)N3CCC4(CC4)C[C@H]3C(=O)N[C@H](C#N)C[C@@H]3CCCC3=O)cc12. The number of rotatable bonds is 6. The van der Waals surface area contributed by atoms with Crippen LogP contribution in [0.25, 0.3) is 10.9 Å². The van der Waals surface area contributed by atoms with Crippen LogP contribution >= 0.6 is 0 Å². The third-order valence-corrected chi connectivity index (χ3v) is 7.90. The first-order valence-corrected chi connectivity index (χ1v) is 12.1. The summed E-state index contributed by atoms with van der Waals surface area (Å²) in [6.45, 7) is 0.502. The first-order valence-electron chi connectivity index (χ1n) is 12.1. The zero-order valence-corrected chi connectivity index (χ0v) is 19.4. The number of piperidine rings is 1. The van der Waals surface area contributed by atoms with Gasteiger partial charge < -0.3 is 19.9 Å². The van der Waals surface area contributed by atoms with Gasteiger partial charge in [-0.1, -0.05) is 6.07 Å². The maximum absolute atomic E-state index is 13.6. The molecule has 5 rings (SSSR count). The Morgan fingerprint density at radius 2 is 2.18 bits per heavy atom. The van der Waals surface area contributed by atoms with Gasteiger partial charge in [0.25, 0.3) is 5.91 Å². The van der Waals surface area contributed by atoms with Gasteiger partial charge in [-0.25, -0.2) is 0 Å². The molecule has 1 saturated heterocycles. The van der Waals surface area contributed by atoms with Crippen LogP contribution in [-0.4, -0.2) is 53.2 Å². The van der Waals surface area contributed by atoms with Crippen LogP contribution in [0.4, 0.5) is 0 Å². The second kappa shape index (κ2) is 8.79. The molecule has 2 aromatic rings. The molecule has 178 valence electrons. The van der Waals surface area contributed by atoms with Crippen molar-refractivity contribution in [3.8, 4) is 11.8 Å². The topological polar surface area (TPSA) is 115 Å². The van der Waals surface area contributed by atoms with Gasteiger partial charge in [-0.2, -0.15) is 5.26 Å². The Bertz CT molecular complexity index is 1180. The molecule has 2 saturated carbocycles. The van der Waals surface area contributed by atoms with Crippen LogP contribution in [0, 0.1) is 22.7 Å². The molecule has 3 atom stereocenters. The Morgan fingerprint density at radius 3 is 2.85 bits per heavy atom. The van der Waals surface area contributed by atoms with Gasteiger partial charge in [-0.05, 0) is 68.6 Å². The molecular formula is C26H30N4O4. The van der Waals surface area contributed by atoms with Gasteiger partial charge in [0, 0.05) is 29.8 Å². The molecule has 1 aliphatic heterocycles. The van der Waals surface area contributed by atoms with E-state index in [2.05, 4.69) is 16.4 Å². The molecule has 2 amide bonds. The second-order valence-corrected chi connectivity index (χ2v) is 10.1. The molecule has 1 spiro atoms. The summed E-state index contributed by atoms with van der Waals surface area (Å²) in [5, 5.41) is 13.3. The molecule has 0 bridgehead atoms. The van der Waals surface area contributed by atoms with Crippen molar-refractivity contribution >= 4 is 28.5 Å². The van der Waals surface area contributed by atoms with Crippen molar-refractivity contribution in [2.45, 2.75) is 63.5 Å². The van der Waals surface area contributed by atoms with Crippen LogP contribution in [0.2, 0.25) is 0 Å². The lowest BCUT2D eigenvalue weighted by Gasteiger charge is -2.39. The zero-order chi connectivity index (χ0) is 23.9. The lowest BCUT2D eigenvalue weighted by molar-refractivity contribution is -0.128. The quantitative estimate of drug-likeness (QED) is 0.683. The number of carbonyl (C=O) groups is 3. The van der Waals surface area contributed by atoms with E-state index < -0.39 is 12.1 Å². The minimum absolute atomic E-state index is 0.131. The highest BCUT2D eigenvalue weighted by Gasteiger charge is 2.51. The number of likely N-dealkylation sites (tertiary alicyclic amines) is 1. The van der Waals surface area contributed by atoms with E-state index in [0.717, 1.165) is 43.0 Å². The lowest BCUT2D eigenvalue weighted by Crippen LogP contribution is -2.55. The van der Waals surface area contributed by atoms with Gasteiger partial charge in [0.2, 0.25) is 5.91 Å². The van der Waals surface area contributed by atoms with Gasteiger partial charge >= 0.3 is 0 Å². The van der Waals surface area contributed by atoms with E-state index in [1.54, 1.807) is 18.1 Å². The molecule has 34 heavy (non-hydrogen) atoms. The highest BCUT2D eigenvalue weighted by molar-refractivity contribution is 6.01. The summed E-state index contributed by atoms with van der Waals surface area (Å²) in [5.41, 5.74) is 1.34. The molecule has 8 nitrogen and oxygen atoms in total. The van der Waals surface area contributed by atoms with Gasteiger partial charge in [0.05, 0.1) is 13.2 Å². The van der Waals surface area contributed by atoms with Crippen molar-refractivity contribution < 1.29 is 19.1 Å².